The lowest BCUT2D eigenvalue weighted by Crippen LogP contribution is -2.11. The van der Waals surface area contributed by atoms with Gasteiger partial charge in [-0.3, -0.25) is 0 Å². The maximum Gasteiger partial charge on any atom is 0.338 e. The Balaban J connectivity index is 2.50. The molecule has 5 heteroatoms. The van der Waals surface area contributed by atoms with Crippen molar-refractivity contribution in [1.82, 2.24) is 0 Å². The summed E-state index contributed by atoms with van der Waals surface area (Å²) >= 11 is 4.13. The van der Waals surface area contributed by atoms with Gasteiger partial charge >= 0.3 is 5.97 Å². The molecular weight excluding hydrogens is 226 g/mol. The summed E-state index contributed by atoms with van der Waals surface area (Å²) in [6.07, 6.45) is 0. The lowest BCUT2D eigenvalue weighted by Gasteiger charge is -2.06. The van der Waals surface area contributed by atoms with E-state index in [1.807, 2.05) is 6.92 Å². The highest BCUT2D eigenvalue weighted by molar-refractivity contribution is 7.80. The maximum absolute atomic E-state index is 11.5. The maximum atomic E-state index is 11.5. The SMILES string of the molecule is CCOCCOC(=O)c1ccc(N)c(S)c1. The fourth-order valence-electron chi connectivity index (χ4n) is 1.09. The Hall–Kier alpha value is -1.20. The normalized spacial score (nSPS) is 10.1. The predicted molar refractivity (Wildman–Crippen MR) is 64.9 cm³/mol. The van der Waals surface area contributed by atoms with Gasteiger partial charge in [-0.05, 0) is 25.1 Å². The number of esters is 1. The summed E-state index contributed by atoms with van der Waals surface area (Å²) in [7, 11) is 0. The molecule has 0 unspecified atom stereocenters. The molecule has 1 aromatic rings. The lowest BCUT2D eigenvalue weighted by molar-refractivity contribution is 0.0335. The highest BCUT2D eigenvalue weighted by atomic mass is 32.1. The van der Waals surface area contributed by atoms with Gasteiger partial charge in [-0.2, -0.15) is 0 Å². The summed E-state index contributed by atoms with van der Waals surface area (Å²) in [4.78, 5) is 12.1. The number of thiol groups is 1. The second-order valence-corrected chi connectivity index (χ2v) is 3.59. The molecule has 0 aliphatic carbocycles. The molecule has 0 heterocycles. The molecule has 0 atom stereocenters. The van der Waals surface area contributed by atoms with Crippen LogP contribution in [0.25, 0.3) is 0 Å². The quantitative estimate of drug-likeness (QED) is 0.357. The van der Waals surface area contributed by atoms with Crippen LogP contribution in [-0.4, -0.2) is 25.8 Å². The number of hydrogen-bond donors (Lipinski definition) is 2. The first-order valence-electron chi connectivity index (χ1n) is 4.98. The minimum Gasteiger partial charge on any atom is -0.460 e. The van der Waals surface area contributed by atoms with Crippen LogP contribution in [0.4, 0.5) is 5.69 Å². The van der Waals surface area contributed by atoms with Crippen LogP contribution in [0.5, 0.6) is 0 Å². The topological polar surface area (TPSA) is 61.5 Å². The number of benzene rings is 1. The fraction of sp³-hybridized carbons (Fsp3) is 0.364. The molecule has 0 saturated heterocycles. The van der Waals surface area contributed by atoms with E-state index in [2.05, 4.69) is 12.6 Å². The first kappa shape index (κ1) is 12.9. The van der Waals surface area contributed by atoms with Gasteiger partial charge in [0, 0.05) is 17.2 Å². The minimum atomic E-state index is -0.394. The highest BCUT2D eigenvalue weighted by Crippen LogP contribution is 2.18. The van der Waals surface area contributed by atoms with Crippen molar-refractivity contribution >= 4 is 24.3 Å². The Kier molecular flexibility index (Phi) is 5.14. The molecule has 4 nitrogen and oxygen atoms in total. The Morgan fingerprint density at radius 2 is 2.19 bits per heavy atom. The molecule has 0 aliphatic heterocycles. The molecular formula is C11H15NO3S. The van der Waals surface area contributed by atoms with Crippen LogP contribution >= 0.6 is 12.6 Å². The first-order chi connectivity index (χ1) is 7.65. The summed E-state index contributed by atoms with van der Waals surface area (Å²) in [6, 6.07) is 4.82. The number of carbonyl (C=O) groups is 1. The van der Waals surface area contributed by atoms with E-state index in [-0.39, 0.29) is 6.61 Å². The van der Waals surface area contributed by atoms with E-state index in [4.69, 9.17) is 15.2 Å². The van der Waals surface area contributed by atoms with Gasteiger partial charge in [-0.1, -0.05) is 0 Å². The lowest BCUT2D eigenvalue weighted by atomic mass is 10.2. The van der Waals surface area contributed by atoms with E-state index in [0.29, 0.717) is 29.4 Å². The molecule has 0 fully saturated rings. The van der Waals surface area contributed by atoms with Crippen molar-refractivity contribution in [1.29, 1.82) is 0 Å². The van der Waals surface area contributed by atoms with Crippen molar-refractivity contribution in [2.45, 2.75) is 11.8 Å². The average molecular weight is 241 g/mol. The number of carbonyl (C=O) groups excluding carboxylic acids is 1. The van der Waals surface area contributed by atoms with Crippen LogP contribution in [0.15, 0.2) is 23.1 Å². The third-order valence-electron chi connectivity index (χ3n) is 1.93. The number of hydrogen-bond acceptors (Lipinski definition) is 5. The molecule has 1 rings (SSSR count). The van der Waals surface area contributed by atoms with Gasteiger partial charge in [0.05, 0.1) is 12.2 Å². The second kappa shape index (κ2) is 6.40. The molecule has 16 heavy (non-hydrogen) atoms. The number of ether oxygens (including phenoxy) is 2. The van der Waals surface area contributed by atoms with Gasteiger partial charge in [0.2, 0.25) is 0 Å². The highest BCUT2D eigenvalue weighted by Gasteiger charge is 2.08. The smallest absolute Gasteiger partial charge is 0.338 e. The summed E-state index contributed by atoms with van der Waals surface area (Å²) in [5.41, 5.74) is 6.56. The van der Waals surface area contributed by atoms with Crippen molar-refractivity contribution in [2.24, 2.45) is 0 Å². The fourth-order valence-corrected chi connectivity index (χ4v) is 1.31. The summed E-state index contributed by atoms with van der Waals surface area (Å²) < 4.78 is 10.0. The minimum absolute atomic E-state index is 0.249. The van der Waals surface area contributed by atoms with Crippen molar-refractivity contribution in [3.63, 3.8) is 0 Å². The summed E-state index contributed by atoms with van der Waals surface area (Å²) in [5, 5.41) is 0. The van der Waals surface area contributed by atoms with E-state index in [1.54, 1.807) is 18.2 Å². The average Bonchev–Trinajstić information content (AvgIpc) is 2.28. The molecule has 0 radical (unpaired) electrons. The van der Waals surface area contributed by atoms with E-state index in [1.165, 1.54) is 0 Å². The Bertz CT molecular complexity index is 368. The summed E-state index contributed by atoms with van der Waals surface area (Å²) in [5.74, 6) is -0.394. The zero-order chi connectivity index (χ0) is 12.0. The van der Waals surface area contributed by atoms with Crippen molar-refractivity contribution in [3.05, 3.63) is 23.8 Å². The van der Waals surface area contributed by atoms with Crippen LogP contribution in [0, 0.1) is 0 Å². The van der Waals surface area contributed by atoms with E-state index in [0.717, 1.165) is 0 Å². The number of rotatable bonds is 5. The Labute approximate surface area is 100 Å². The van der Waals surface area contributed by atoms with Gasteiger partial charge in [-0.15, -0.1) is 12.6 Å². The molecule has 0 saturated carbocycles. The molecule has 2 N–H and O–H groups in total. The van der Waals surface area contributed by atoms with Crippen LogP contribution < -0.4 is 5.73 Å². The molecule has 0 bridgehead atoms. The van der Waals surface area contributed by atoms with Gasteiger partial charge < -0.3 is 15.2 Å². The molecule has 0 aromatic heterocycles. The van der Waals surface area contributed by atoms with Crippen molar-refractivity contribution < 1.29 is 14.3 Å². The molecule has 0 spiro atoms. The van der Waals surface area contributed by atoms with Crippen LogP contribution in [0.3, 0.4) is 0 Å². The number of anilines is 1. The first-order valence-corrected chi connectivity index (χ1v) is 5.43. The zero-order valence-electron chi connectivity index (χ0n) is 9.10. The van der Waals surface area contributed by atoms with Crippen molar-refractivity contribution in [3.8, 4) is 0 Å². The molecule has 0 amide bonds. The van der Waals surface area contributed by atoms with Crippen LogP contribution in [0.1, 0.15) is 17.3 Å². The second-order valence-electron chi connectivity index (χ2n) is 3.11. The van der Waals surface area contributed by atoms with Crippen molar-refractivity contribution in [2.75, 3.05) is 25.6 Å². The van der Waals surface area contributed by atoms with Gasteiger partial charge in [0.15, 0.2) is 0 Å². The van der Waals surface area contributed by atoms with Gasteiger partial charge in [0.25, 0.3) is 0 Å². The summed E-state index contributed by atoms with van der Waals surface area (Å²) in [6.45, 7) is 3.15. The Morgan fingerprint density at radius 1 is 1.44 bits per heavy atom. The monoisotopic (exact) mass is 241 g/mol. The number of nitrogens with two attached hydrogens (primary N) is 1. The Morgan fingerprint density at radius 3 is 2.81 bits per heavy atom. The van der Waals surface area contributed by atoms with Gasteiger partial charge in [0.1, 0.15) is 6.61 Å². The standard InChI is InChI=1S/C11H15NO3S/c1-2-14-5-6-15-11(13)8-3-4-9(12)10(16)7-8/h3-4,7,16H,2,5-6,12H2,1H3. The van der Waals surface area contributed by atoms with Crippen LogP contribution in [0.2, 0.25) is 0 Å². The molecule has 0 aliphatic rings. The molecule has 88 valence electrons. The largest absolute Gasteiger partial charge is 0.460 e. The predicted octanol–water partition coefficient (Wildman–Crippen LogP) is 1.75. The van der Waals surface area contributed by atoms with E-state index in [9.17, 15) is 4.79 Å². The van der Waals surface area contributed by atoms with Gasteiger partial charge in [-0.25, -0.2) is 4.79 Å². The third kappa shape index (κ3) is 3.75. The van der Waals surface area contributed by atoms with E-state index >= 15 is 0 Å². The number of nitrogen functional groups attached to an aromatic ring is 1. The van der Waals surface area contributed by atoms with Crippen LogP contribution in [-0.2, 0) is 9.47 Å². The third-order valence-corrected chi connectivity index (χ3v) is 2.32. The zero-order valence-corrected chi connectivity index (χ0v) is 10.00. The molecule has 1 aromatic carbocycles. The van der Waals surface area contributed by atoms with E-state index < -0.39 is 5.97 Å².